The van der Waals surface area contributed by atoms with Crippen molar-refractivity contribution in [1.82, 2.24) is 15.1 Å². The lowest BCUT2D eigenvalue weighted by Gasteiger charge is -2.48. The summed E-state index contributed by atoms with van der Waals surface area (Å²) in [4.78, 5) is 5.55. The Morgan fingerprint density at radius 1 is 1.00 bits per heavy atom. The maximum absolute atomic E-state index is 3.48. The lowest BCUT2D eigenvalue weighted by atomic mass is 9.93. The summed E-state index contributed by atoms with van der Waals surface area (Å²) < 4.78 is 0. The van der Waals surface area contributed by atoms with E-state index in [1.807, 2.05) is 0 Å². The average Bonchev–Trinajstić information content (AvgIpc) is 2.46. The normalized spacial score (nSPS) is 31.9. The van der Waals surface area contributed by atoms with Crippen LogP contribution in [0.15, 0.2) is 0 Å². The highest BCUT2D eigenvalue weighted by Crippen LogP contribution is 2.25. The molecule has 3 fully saturated rings. The van der Waals surface area contributed by atoms with Gasteiger partial charge in [0.15, 0.2) is 0 Å². The van der Waals surface area contributed by atoms with Crippen molar-refractivity contribution in [3.05, 3.63) is 0 Å². The molecule has 2 atom stereocenters. The van der Waals surface area contributed by atoms with E-state index in [2.05, 4.69) is 22.0 Å². The summed E-state index contributed by atoms with van der Waals surface area (Å²) in [6.07, 6.45) is 8.56. The lowest BCUT2D eigenvalue weighted by Crippen LogP contribution is -2.58. The van der Waals surface area contributed by atoms with Crippen LogP contribution >= 0.6 is 24.8 Å². The topological polar surface area (TPSA) is 18.5 Å². The van der Waals surface area contributed by atoms with Crippen LogP contribution in [0.3, 0.4) is 0 Å². The molecule has 21 heavy (non-hydrogen) atoms. The fourth-order valence-electron chi connectivity index (χ4n) is 4.24. The zero-order valence-electron chi connectivity index (χ0n) is 13.4. The SMILES string of the molecule is CC1CN2CCCCC2CN1CCC1CCNCC1.Cl.Cl. The number of hydrogen-bond acceptors (Lipinski definition) is 3. The van der Waals surface area contributed by atoms with Crippen LogP contribution in [-0.2, 0) is 0 Å². The van der Waals surface area contributed by atoms with Crippen LogP contribution in [0.5, 0.6) is 0 Å². The van der Waals surface area contributed by atoms with E-state index in [0.29, 0.717) is 0 Å². The van der Waals surface area contributed by atoms with Crippen LogP contribution in [0.2, 0.25) is 0 Å². The molecule has 3 nitrogen and oxygen atoms in total. The molecular formula is C16H33Cl2N3. The van der Waals surface area contributed by atoms with Crippen LogP contribution in [0.1, 0.15) is 45.4 Å². The van der Waals surface area contributed by atoms with E-state index >= 15 is 0 Å². The van der Waals surface area contributed by atoms with Gasteiger partial charge in [-0.25, -0.2) is 0 Å². The molecule has 3 saturated heterocycles. The second-order valence-electron chi connectivity index (χ2n) is 6.97. The van der Waals surface area contributed by atoms with Crippen molar-refractivity contribution in [2.45, 2.75) is 57.5 Å². The number of piperidine rings is 2. The quantitative estimate of drug-likeness (QED) is 0.854. The summed E-state index contributed by atoms with van der Waals surface area (Å²) in [5.41, 5.74) is 0. The number of fused-ring (bicyclic) bond motifs is 1. The smallest absolute Gasteiger partial charge is 0.0223 e. The molecule has 0 aliphatic carbocycles. The molecule has 3 rings (SSSR count). The van der Waals surface area contributed by atoms with Gasteiger partial charge in [0.1, 0.15) is 0 Å². The first-order chi connectivity index (χ1) is 9.33. The van der Waals surface area contributed by atoms with Gasteiger partial charge in [-0.2, -0.15) is 0 Å². The maximum Gasteiger partial charge on any atom is 0.0223 e. The third-order valence-corrected chi connectivity index (χ3v) is 5.60. The number of rotatable bonds is 3. The van der Waals surface area contributed by atoms with Crippen molar-refractivity contribution in [2.24, 2.45) is 5.92 Å². The highest BCUT2D eigenvalue weighted by molar-refractivity contribution is 5.85. The Bertz CT molecular complexity index is 285. The van der Waals surface area contributed by atoms with E-state index < -0.39 is 0 Å². The zero-order chi connectivity index (χ0) is 13.1. The molecule has 2 unspecified atom stereocenters. The van der Waals surface area contributed by atoms with Crippen LogP contribution in [0, 0.1) is 5.92 Å². The Morgan fingerprint density at radius 2 is 1.76 bits per heavy atom. The van der Waals surface area contributed by atoms with Gasteiger partial charge in [-0.1, -0.05) is 6.42 Å². The number of piperazine rings is 1. The molecule has 0 spiro atoms. The predicted octanol–water partition coefficient (Wildman–Crippen LogP) is 2.78. The van der Waals surface area contributed by atoms with Gasteiger partial charge in [0, 0.05) is 25.2 Å². The van der Waals surface area contributed by atoms with E-state index in [4.69, 9.17) is 0 Å². The summed E-state index contributed by atoms with van der Waals surface area (Å²) in [7, 11) is 0. The minimum atomic E-state index is 0. The van der Waals surface area contributed by atoms with Gasteiger partial charge in [0.2, 0.25) is 0 Å². The Balaban J connectivity index is 0.00000110. The largest absolute Gasteiger partial charge is 0.317 e. The monoisotopic (exact) mass is 337 g/mol. The van der Waals surface area contributed by atoms with Gasteiger partial charge >= 0.3 is 0 Å². The molecule has 3 aliphatic rings. The standard InChI is InChI=1S/C16H31N3.2ClH/c1-14-12-19-10-3-2-4-16(19)13-18(14)11-7-15-5-8-17-9-6-15;;/h14-17H,2-13H2,1H3;2*1H. The molecule has 3 heterocycles. The van der Waals surface area contributed by atoms with E-state index in [9.17, 15) is 0 Å². The first-order valence-electron chi connectivity index (χ1n) is 8.52. The minimum absolute atomic E-state index is 0. The van der Waals surface area contributed by atoms with Crippen molar-refractivity contribution in [1.29, 1.82) is 0 Å². The molecule has 0 aromatic rings. The number of hydrogen-bond donors (Lipinski definition) is 1. The molecule has 126 valence electrons. The third kappa shape index (κ3) is 5.24. The van der Waals surface area contributed by atoms with Gasteiger partial charge in [0.05, 0.1) is 0 Å². The maximum atomic E-state index is 3.48. The molecule has 5 heteroatoms. The van der Waals surface area contributed by atoms with Gasteiger partial charge in [-0.3, -0.25) is 9.80 Å². The third-order valence-electron chi connectivity index (χ3n) is 5.60. The summed E-state index contributed by atoms with van der Waals surface area (Å²) >= 11 is 0. The van der Waals surface area contributed by atoms with Crippen molar-refractivity contribution in [2.75, 3.05) is 39.3 Å². The first kappa shape index (κ1) is 19.5. The van der Waals surface area contributed by atoms with Gasteiger partial charge in [0.25, 0.3) is 0 Å². The number of nitrogens with one attached hydrogen (secondary N) is 1. The Hall–Kier alpha value is 0.460. The molecule has 0 amide bonds. The van der Waals surface area contributed by atoms with Gasteiger partial charge < -0.3 is 5.32 Å². The first-order valence-corrected chi connectivity index (χ1v) is 8.52. The summed E-state index contributed by atoms with van der Waals surface area (Å²) in [6, 6.07) is 1.65. The number of nitrogens with zero attached hydrogens (tertiary/aromatic N) is 2. The summed E-state index contributed by atoms with van der Waals surface area (Å²) in [5, 5.41) is 3.48. The average molecular weight is 338 g/mol. The second-order valence-corrected chi connectivity index (χ2v) is 6.97. The molecule has 0 aromatic carbocycles. The Morgan fingerprint density at radius 3 is 2.52 bits per heavy atom. The second kappa shape index (κ2) is 9.57. The van der Waals surface area contributed by atoms with E-state index in [1.165, 1.54) is 77.8 Å². The summed E-state index contributed by atoms with van der Waals surface area (Å²) in [6.45, 7) is 10.3. The van der Waals surface area contributed by atoms with Crippen molar-refractivity contribution < 1.29 is 0 Å². The lowest BCUT2D eigenvalue weighted by molar-refractivity contribution is 0.0122. The zero-order valence-corrected chi connectivity index (χ0v) is 15.1. The fraction of sp³-hybridized carbons (Fsp3) is 1.00. The highest BCUT2D eigenvalue weighted by Gasteiger charge is 2.32. The molecule has 0 bridgehead atoms. The Kier molecular flexibility index (Phi) is 8.89. The van der Waals surface area contributed by atoms with Crippen LogP contribution < -0.4 is 5.32 Å². The number of halogens is 2. The van der Waals surface area contributed by atoms with Crippen LogP contribution in [0.25, 0.3) is 0 Å². The highest BCUT2D eigenvalue weighted by atomic mass is 35.5. The van der Waals surface area contributed by atoms with E-state index in [1.54, 1.807) is 0 Å². The van der Waals surface area contributed by atoms with Crippen molar-refractivity contribution >= 4 is 24.8 Å². The van der Waals surface area contributed by atoms with E-state index in [0.717, 1.165) is 18.0 Å². The van der Waals surface area contributed by atoms with Crippen molar-refractivity contribution in [3.63, 3.8) is 0 Å². The Labute approximate surface area is 143 Å². The van der Waals surface area contributed by atoms with Gasteiger partial charge in [-0.15, -0.1) is 24.8 Å². The van der Waals surface area contributed by atoms with Crippen molar-refractivity contribution in [3.8, 4) is 0 Å². The predicted molar refractivity (Wildman–Crippen MR) is 95.0 cm³/mol. The fourth-order valence-corrected chi connectivity index (χ4v) is 4.24. The van der Waals surface area contributed by atoms with Gasteiger partial charge in [-0.05, 0) is 71.1 Å². The molecule has 0 radical (unpaired) electrons. The molecule has 3 aliphatic heterocycles. The van der Waals surface area contributed by atoms with Crippen LogP contribution in [-0.4, -0.2) is 61.2 Å². The molecule has 0 saturated carbocycles. The van der Waals surface area contributed by atoms with Crippen LogP contribution in [0.4, 0.5) is 0 Å². The molecular weight excluding hydrogens is 305 g/mol. The molecule has 0 aromatic heterocycles. The minimum Gasteiger partial charge on any atom is -0.317 e. The van der Waals surface area contributed by atoms with E-state index in [-0.39, 0.29) is 24.8 Å². The summed E-state index contributed by atoms with van der Waals surface area (Å²) in [5.74, 6) is 0.984. The molecule has 1 N–H and O–H groups in total.